The summed E-state index contributed by atoms with van der Waals surface area (Å²) < 4.78 is 5.38. The number of ether oxygens (including phenoxy) is 1. The van der Waals surface area contributed by atoms with Crippen molar-refractivity contribution in [3.05, 3.63) is 60.2 Å². The molecule has 2 aromatic rings. The normalized spacial score (nSPS) is 15.4. The molecule has 0 aliphatic carbocycles. The maximum absolute atomic E-state index is 12.4. The molecule has 27 heavy (non-hydrogen) atoms. The second-order valence-electron chi connectivity index (χ2n) is 5.96. The molecule has 1 unspecified atom stereocenters. The molecule has 1 atom stereocenters. The molecule has 0 bridgehead atoms. The topological polar surface area (TPSA) is 89.0 Å². The lowest BCUT2D eigenvalue weighted by Crippen LogP contribution is -2.28. The van der Waals surface area contributed by atoms with Crippen LogP contribution in [0.25, 0.3) is 0 Å². The van der Waals surface area contributed by atoms with E-state index >= 15 is 0 Å². The third-order valence-electron chi connectivity index (χ3n) is 3.93. The summed E-state index contributed by atoms with van der Waals surface area (Å²) in [6.07, 6.45) is -0.238. The number of rotatable bonds is 7. The molecule has 2 amide bonds. The summed E-state index contributed by atoms with van der Waals surface area (Å²) in [6.45, 7) is 2.36. The molecule has 1 aliphatic heterocycles. The third kappa shape index (κ3) is 5.07. The average molecular weight is 367 g/mol. The quantitative estimate of drug-likeness (QED) is 0.786. The number of anilines is 1. The molecular weight excluding hydrogens is 346 g/mol. The van der Waals surface area contributed by atoms with Crippen LogP contribution in [-0.4, -0.2) is 36.8 Å². The molecular formula is C20H21N3O4. The Balaban J connectivity index is 1.49. The summed E-state index contributed by atoms with van der Waals surface area (Å²) >= 11 is 0. The van der Waals surface area contributed by atoms with Crippen molar-refractivity contribution >= 4 is 23.2 Å². The number of nitrogens with one attached hydrogen (secondary N) is 2. The lowest BCUT2D eigenvalue weighted by Gasteiger charge is -2.10. The molecule has 7 heteroatoms. The van der Waals surface area contributed by atoms with Gasteiger partial charge < -0.3 is 20.2 Å². The zero-order chi connectivity index (χ0) is 19.1. The lowest BCUT2D eigenvalue weighted by molar-refractivity contribution is -0.125. The molecule has 0 radical (unpaired) electrons. The predicted molar refractivity (Wildman–Crippen MR) is 102 cm³/mol. The van der Waals surface area contributed by atoms with Gasteiger partial charge in [-0.3, -0.25) is 9.59 Å². The van der Waals surface area contributed by atoms with E-state index in [1.54, 1.807) is 24.3 Å². The molecule has 0 fully saturated rings. The standard InChI is InChI=1S/C20H21N3O4/c1-2-21-19(24)13-26-16-10-8-15(9-11-16)22-20(25)18-12-17(23-27-18)14-6-4-3-5-7-14/h3-11,18H,2,12-13H2,1H3,(H,21,24)(H,22,25). The molecule has 0 aromatic heterocycles. The van der Waals surface area contributed by atoms with Gasteiger partial charge in [-0.2, -0.15) is 0 Å². The van der Waals surface area contributed by atoms with Gasteiger partial charge in [0.1, 0.15) is 5.75 Å². The Labute approximate surface area is 157 Å². The summed E-state index contributed by atoms with van der Waals surface area (Å²) in [5.74, 6) is 0.106. The van der Waals surface area contributed by atoms with Crippen LogP contribution in [0.3, 0.4) is 0 Å². The molecule has 140 valence electrons. The van der Waals surface area contributed by atoms with Gasteiger partial charge in [-0.25, -0.2) is 0 Å². The number of hydrogen-bond donors (Lipinski definition) is 2. The Morgan fingerprint density at radius 1 is 1.15 bits per heavy atom. The van der Waals surface area contributed by atoms with Crippen molar-refractivity contribution in [2.45, 2.75) is 19.4 Å². The Morgan fingerprint density at radius 3 is 2.59 bits per heavy atom. The van der Waals surface area contributed by atoms with E-state index in [1.165, 1.54) is 0 Å². The molecule has 7 nitrogen and oxygen atoms in total. The number of carbonyl (C=O) groups excluding carboxylic acids is 2. The molecule has 1 aliphatic rings. The SMILES string of the molecule is CCNC(=O)COc1ccc(NC(=O)C2CC(c3ccccc3)=NO2)cc1. The maximum Gasteiger partial charge on any atom is 0.268 e. The molecule has 3 rings (SSSR count). The summed E-state index contributed by atoms with van der Waals surface area (Å²) in [4.78, 5) is 29.0. The summed E-state index contributed by atoms with van der Waals surface area (Å²) in [6, 6.07) is 16.4. The van der Waals surface area contributed by atoms with E-state index in [1.807, 2.05) is 37.3 Å². The first kappa shape index (κ1) is 18.4. The smallest absolute Gasteiger partial charge is 0.268 e. The van der Waals surface area contributed by atoms with E-state index in [9.17, 15) is 9.59 Å². The van der Waals surface area contributed by atoms with Crippen LogP contribution in [0.5, 0.6) is 5.75 Å². The van der Waals surface area contributed by atoms with Crippen LogP contribution in [0.4, 0.5) is 5.69 Å². The first-order valence-corrected chi connectivity index (χ1v) is 8.74. The highest BCUT2D eigenvalue weighted by molar-refractivity contribution is 6.06. The number of amides is 2. The van der Waals surface area contributed by atoms with E-state index in [0.29, 0.717) is 24.4 Å². The average Bonchev–Trinajstić information content (AvgIpc) is 3.19. The van der Waals surface area contributed by atoms with Gasteiger partial charge in [0.25, 0.3) is 11.8 Å². The molecule has 1 heterocycles. The van der Waals surface area contributed by atoms with Gasteiger partial charge in [-0.05, 0) is 36.8 Å². The van der Waals surface area contributed by atoms with E-state index in [-0.39, 0.29) is 18.4 Å². The van der Waals surface area contributed by atoms with Gasteiger partial charge in [0.2, 0.25) is 6.10 Å². The number of benzene rings is 2. The fourth-order valence-corrected chi connectivity index (χ4v) is 2.57. The van der Waals surface area contributed by atoms with Crippen LogP contribution < -0.4 is 15.4 Å². The predicted octanol–water partition coefficient (Wildman–Crippen LogP) is 2.33. The van der Waals surface area contributed by atoms with Gasteiger partial charge in [-0.15, -0.1) is 0 Å². The second kappa shape index (κ2) is 8.84. The van der Waals surface area contributed by atoms with Crippen LogP contribution >= 0.6 is 0 Å². The molecule has 0 saturated carbocycles. The summed E-state index contributed by atoms with van der Waals surface area (Å²) in [5.41, 5.74) is 2.31. The zero-order valence-corrected chi connectivity index (χ0v) is 15.0. The lowest BCUT2D eigenvalue weighted by atomic mass is 10.0. The fraction of sp³-hybridized carbons (Fsp3) is 0.250. The molecule has 2 aromatic carbocycles. The number of likely N-dealkylation sites (N-methyl/N-ethyl adjacent to an activating group) is 1. The monoisotopic (exact) mass is 367 g/mol. The molecule has 0 spiro atoms. The first-order valence-electron chi connectivity index (χ1n) is 8.74. The number of hydrogen-bond acceptors (Lipinski definition) is 5. The van der Waals surface area contributed by atoms with Crippen LogP contribution in [0.2, 0.25) is 0 Å². The third-order valence-corrected chi connectivity index (χ3v) is 3.93. The largest absolute Gasteiger partial charge is 0.484 e. The van der Waals surface area contributed by atoms with Crippen molar-refractivity contribution in [3.63, 3.8) is 0 Å². The van der Waals surface area contributed by atoms with Gasteiger partial charge in [0.15, 0.2) is 6.61 Å². The Kier molecular flexibility index (Phi) is 6.04. The van der Waals surface area contributed by atoms with Crippen molar-refractivity contribution in [2.75, 3.05) is 18.5 Å². The molecule has 0 saturated heterocycles. The van der Waals surface area contributed by atoms with Gasteiger partial charge in [0, 0.05) is 18.7 Å². The highest BCUT2D eigenvalue weighted by Gasteiger charge is 2.28. The zero-order valence-electron chi connectivity index (χ0n) is 15.0. The number of nitrogens with zero attached hydrogens (tertiary/aromatic N) is 1. The van der Waals surface area contributed by atoms with Crippen molar-refractivity contribution in [3.8, 4) is 5.75 Å². The highest BCUT2D eigenvalue weighted by atomic mass is 16.6. The van der Waals surface area contributed by atoms with E-state index in [0.717, 1.165) is 11.3 Å². The van der Waals surface area contributed by atoms with Crippen LogP contribution in [0.1, 0.15) is 18.9 Å². The number of carbonyl (C=O) groups is 2. The highest BCUT2D eigenvalue weighted by Crippen LogP contribution is 2.20. The van der Waals surface area contributed by atoms with E-state index in [2.05, 4.69) is 15.8 Å². The van der Waals surface area contributed by atoms with Crippen molar-refractivity contribution in [1.29, 1.82) is 0 Å². The van der Waals surface area contributed by atoms with Crippen LogP contribution in [0.15, 0.2) is 59.8 Å². The summed E-state index contributed by atoms with van der Waals surface area (Å²) in [5, 5.41) is 9.47. The van der Waals surface area contributed by atoms with Crippen molar-refractivity contribution in [1.82, 2.24) is 5.32 Å². The van der Waals surface area contributed by atoms with Gasteiger partial charge in [-0.1, -0.05) is 35.5 Å². The second-order valence-corrected chi connectivity index (χ2v) is 5.96. The van der Waals surface area contributed by atoms with Crippen LogP contribution in [-0.2, 0) is 14.4 Å². The van der Waals surface area contributed by atoms with Crippen LogP contribution in [0, 0.1) is 0 Å². The van der Waals surface area contributed by atoms with Gasteiger partial charge >= 0.3 is 0 Å². The number of oxime groups is 1. The minimum atomic E-state index is -0.658. The minimum absolute atomic E-state index is 0.0466. The molecule has 2 N–H and O–H groups in total. The Morgan fingerprint density at radius 2 is 1.89 bits per heavy atom. The first-order chi connectivity index (χ1) is 13.2. The minimum Gasteiger partial charge on any atom is -0.484 e. The van der Waals surface area contributed by atoms with E-state index in [4.69, 9.17) is 9.57 Å². The fourth-order valence-electron chi connectivity index (χ4n) is 2.57. The van der Waals surface area contributed by atoms with E-state index < -0.39 is 6.10 Å². The Bertz CT molecular complexity index is 819. The Hall–Kier alpha value is -3.35. The summed E-state index contributed by atoms with van der Waals surface area (Å²) in [7, 11) is 0. The van der Waals surface area contributed by atoms with Crippen molar-refractivity contribution in [2.24, 2.45) is 5.16 Å². The van der Waals surface area contributed by atoms with Gasteiger partial charge in [0.05, 0.1) is 5.71 Å². The maximum atomic E-state index is 12.4. The van der Waals surface area contributed by atoms with Crippen molar-refractivity contribution < 1.29 is 19.2 Å².